The quantitative estimate of drug-likeness (QED) is 0.609. The van der Waals surface area contributed by atoms with Crippen LogP contribution in [-0.2, 0) is 17.5 Å². The number of nitrogens with two attached hydrogens (primary N) is 1. The summed E-state index contributed by atoms with van der Waals surface area (Å²) in [4.78, 5) is 24.5. The minimum atomic E-state index is -4.53. The number of piperidine rings is 1. The Labute approximate surface area is 194 Å². The van der Waals surface area contributed by atoms with E-state index in [9.17, 15) is 18.0 Å². The fourth-order valence-corrected chi connectivity index (χ4v) is 4.59. The molecule has 4 heterocycles. The molecule has 1 aromatic carbocycles. The smallest absolute Gasteiger partial charge is 0.396 e. The van der Waals surface area contributed by atoms with Crippen LogP contribution in [-0.4, -0.2) is 51.0 Å². The lowest BCUT2D eigenvalue weighted by molar-refractivity contribution is -0.140. The van der Waals surface area contributed by atoms with E-state index in [0.717, 1.165) is 36.6 Å². The maximum Gasteiger partial charge on any atom is 0.434 e. The van der Waals surface area contributed by atoms with E-state index in [1.54, 1.807) is 6.07 Å². The van der Waals surface area contributed by atoms with Crippen LogP contribution in [0.1, 0.15) is 24.1 Å². The Hall–Kier alpha value is -3.60. The summed E-state index contributed by atoms with van der Waals surface area (Å²) in [6, 6.07) is 9.76. The summed E-state index contributed by atoms with van der Waals surface area (Å²) in [5.41, 5.74) is 7.64. The van der Waals surface area contributed by atoms with Gasteiger partial charge in [-0.2, -0.15) is 13.2 Å². The number of aromatic nitrogens is 3. The summed E-state index contributed by atoms with van der Waals surface area (Å²) in [5, 5.41) is 2.97. The van der Waals surface area contributed by atoms with Crippen molar-refractivity contribution >= 4 is 23.1 Å². The second-order valence-electron chi connectivity index (χ2n) is 8.59. The molecule has 3 aromatic rings. The third-order valence-corrected chi connectivity index (χ3v) is 6.37. The molecular weight excluding hydrogens is 447 g/mol. The number of nitrogen functional groups attached to an aromatic ring is 1. The zero-order valence-electron chi connectivity index (χ0n) is 18.3. The number of nitrogens with one attached hydrogen (secondary N) is 1. The number of alkyl halides is 3. The molecule has 0 bridgehead atoms. The lowest BCUT2D eigenvalue weighted by atomic mass is 10.0. The van der Waals surface area contributed by atoms with Gasteiger partial charge in [-0.1, -0.05) is 18.2 Å². The van der Waals surface area contributed by atoms with Gasteiger partial charge < -0.3 is 20.5 Å². The van der Waals surface area contributed by atoms with Crippen molar-refractivity contribution in [2.24, 2.45) is 0 Å². The van der Waals surface area contributed by atoms with Crippen LogP contribution in [0.15, 0.2) is 49.1 Å². The van der Waals surface area contributed by atoms with Gasteiger partial charge in [0.1, 0.15) is 5.82 Å². The molecule has 2 aliphatic rings. The molecule has 178 valence electrons. The minimum Gasteiger partial charge on any atom is -0.396 e. The van der Waals surface area contributed by atoms with Gasteiger partial charge in [-0.05, 0) is 24.5 Å². The average molecular weight is 471 g/mol. The van der Waals surface area contributed by atoms with Crippen molar-refractivity contribution in [2.45, 2.75) is 31.6 Å². The number of benzene rings is 1. The molecule has 0 spiro atoms. The van der Waals surface area contributed by atoms with Crippen molar-refractivity contribution < 1.29 is 18.0 Å². The summed E-state index contributed by atoms with van der Waals surface area (Å²) >= 11 is 0. The van der Waals surface area contributed by atoms with E-state index in [1.165, 1.54) is 10.8 Å². The molecule has 8 nitrogen and oxygen atoms in total. The number of anilines is 3. The normalized spacial score (nSPS) is 17.9. The maximum absolute atomic E-state index is 13.0. The van der Waals surface area contributed by atoms with Crippen molar-refractivity contribution in [3.63, 3.8) is 0 Å². The number of carbonyl (C=O) groups excluding carboxylic acids is 1. The lowest BCUT2D eigenvalue weighted by Crippen LogP contribution is -2.46. The number of hydrogen-bond acceptors (Lipinski definition) is 6. The summed E-state index contributed by atoms with van der Waals surface area (Å²) in [5.74, 6) is 0.625. The van der Waals surface area contributed by atoms with Gasteiger partial charge in [-0.15, -0.1) is 0 Å². The number of nitrogens with zero attached hydrogens (tertiary/aromatic N) is 5. The molecule has 1 amide bonds. The third-order valence-electron chi connectivity index (χ3n) is 6.37. The Balaban J connectivity index is 1.29. The van der Waals surface area contributed by atoms with E-state index >= 15 is 0 Å². The molecule has 1 saturated heterocycles. The highest BCUT2D eigenvalue weighted by molar-refractivity contribution is 5.93. The number of amides is 1. The Morgan fingerprint density at radius 1 is 1.09 bits per heavy atom. The van der Waals surface area contributed by atoms with Gasteiger partial charge in [-0.3, -0.25) is 9.69 Å². The number of fused-ring (bicyclic) bond motifs is 1. The van der Waals surface area contributed by atoms with E-state index < -0.39 is 11.9 Å². The topological polar surface area (TPSA) is 92.3 Å². The zero-order chi connectivity index (χ0) is 23.9. The zero-order valence-corrected chi connectivity index (χ0v) is 18.3. The van der Waals surface area contributed by atoms with Crippen molar-refractivity contribution in [3.05, 3.63) is 60.3 Å². The molecule has 0 saturated carbocycles. The molecule has 0 unspecified atom stereocenters. The summed E-state index contributed by atoms with van der Waals surface area (Å²) in [7, 11) is 0. The van der Waals surface area contributed by atoms with Crippen LogP contribution in [0.25, 0.3) is 5.69 Å². The molecule has 11 heteroatoms. The van der Waals surface area contributed by atoms with Crippen LogP contribution in [0.2, 0.25) is 0 Å². The Morgan fingerprint density at radius 2 is 1.85 bits per heavy atom. The molecule has 0 atom stereocenters. The van der Waals surface area contributed by atoms with Gasteiger partial charge in [0.05, 0.1) is 30.4 Å². The number of carbonyl (C=O) groups is 1. The number of para-hydroxylation sites is 1. The van der Waals surface area contributed by atoms with Crippen LogP contribution in [0.5, 0.6) is 0 Å². The van der Waals surface area contributed by atoms with Crippen LogP contribution in [0.4, 0.5) is 30.4 Å². The van der Waals surface area contributed by atoms with Gasteiger partial charge in [0.2, 0.25) is 5.91 Å². The summed E-state index contributed by atoms with van der Waals surface area (Å²) < 4.78 is 40.1. The van der Waals surface area contributed by atoms with Crippen LogP contribution in [0.3, 0.4) is 0 Å². The van der Waals surface area contributed by atoms with Crippen LogP contribution >= 0.6 is 0 Å². The van der Waals surface area contributed by atoms with E-state index in [4.69, 9.17) is 5.73 Å². The molecule has 2 aromatic heterocycles. The molecule has 2 aliphatic heterocycles. The Kier molecular flexibility index (Phi) is 5.64. The largest absolute Gasteiger partial charge is 0.434 e. The second kappa shape index (κ2) is 8.64. The molecule has 5 rings (SSSR count). The maximum atomic E-state index is 13.0. The van der Waals surface area contributed by atoms with Gasteiger partial charge in [0.15, 0.2) is 5.69 Å². The molecule has 3 N–H and O–H groups in total. The minimum absolute atomic E-state index is 0.0178. The summed E-state index contributed by atoms with van der Waals surface area (Å²) in [6.45, 7) is 2.45. The highest BCUT2D eigenvalue weighted by Crippen LogP contribution is 2.31. The van der Waals surface area contributed by atoms with Crippen molar-refractivity contribution in [3.8, 4) is 5.69 Å². The lowest BCUT2D eigenvalue weighted by Gasteiger charge is -2.38. The van der Waals surface area contributed by atoms with Gasteiger partial charge in [0, 0.05) is 43.6 Å². The van der Waals surface area contributed by atoms with Crippen molar-refractivity contribution in [1.29, 1.82) is 0 Å². The number of pyridine rings is 1. The van der Waals surface area contributed by atoms with E-state index in [0.29, 0.717) is 37.7 Å². The predicted molar refractivity (Wildman–Crippen MR) is 121 cm³/mol. The van der Waals surface area contributed by atoms with Crippen LogP contribution < -0.4 is 16.0 Å². The van der Waals surface area contributed by atoms with E-state index in [1.807, 2.05) is 24.3 Å². The number of hydrogen-bond donors (Lipinski definition) is 2. The monoisotopic (exact) mass is 471 g/mol. The third kappa shape index (κ3) is 4.43. The number of rotatable bonds is 3. The molecular formula is C23H24F3N7O. The first-order valence-electron chi connectivity index (χ1n) is 11.0. The van der Waals surface area contributed by atoms with Crippen molar-refractivity contribution in [2.75, 3.05) is 35.6 Å². The highest BCUT2D eigenvalue weighted by atomic mass is 19.4. The summed E-state index contributed by atoms with van der Waals surface area (Å²) in [6.07, 6.45) is 0.625. The molecule has 0 aliphatic carbocycles. The second-order valence-corrected chi connectivity index (χ2v) is 8.59. The first-order chi connectivity index (χ1) is 16.3. The fraction of sp³-hybridized carbons (Fsp3) is 0.348. The Bertz CT molecular complexity index is 1200. The SMILES string of the molecule is Nc1cnc(N2CCC(N3CC(=O)Nc4ccccc4C3)CC2)cc1-n1cnc(C(F)(F)F)c1. The van der Waals surface area contributed by atoms with Gasteiger partial charge in [-0.25, -0.2) is 9.97 Å². The predicted octanol–water partition coefficient (Wildman–Crippen LogP) is 3.29. The first kappa shape index (κ1) is 22.2. The van der Waals surface area contributed by atoms with Gasteiger partial charge >= 0.3 is 6.18 Å². The standard InChI is InChI=1S/C23H24F3N7O/c24-23(25,26)20-12-33(14-29-20)19-9-21(28-10-17(19)27)31-7-5-16(6-8-31)32-11-15-3-1-2-4-18(15)30-22(34)13-32/h1-4,9-10,12,14,16H,5-8,11,13,27H2,(H,30,34). The average Bonchev–Trinajstić information content (AvgIpc) is 3.24. The number of imidazole rings is 1. The highest BCUT2D eigenvalue weighted by Gasteiger charge is 2.34. The first-order valence-corrected chi connectivity index (χ1v) is 11.0. The Morgan fingerprint density at radius 3 is 2.59 bits per heavy atom. The fourth-order valence-electron chi connectivity index (χ4n) is 4.59. The van der Waals surface area contributed by atoms with E-state index in [-0.39, 0.29) is 17.6 Å². The molecule has 0 radical (unpaired) electrons. The van der Waals surface area contributed by atoms with E-state index in [2.05, 4.69) is 25.1 Å². The number of halogens is 3. The van der Waals surface area contributed by atoms with Crippen molar-refractivity contribution in [1.82, 2.24) is 19.4 Å². The van der Waals surface area contributed by atoms with Gasteiger partial charge in [0.25, 0.3) is 0 Å². The van der Waals surface area contributed by atoms with Crippen LogP contribution in [0, 0.1) is 0 Å². The molecule has 34 heavy (non-hydrogen) atoms. The molecule has 1 fully saturated rings.